The number of Topliss-reactive ketones (excluding diaryl/α,β-unsaturated/α-hetero) is 1. The first-order valence-electron chi connectivity index (χ1n) is 4.08. The van der Waals surface area contributed by atoms with Crippen LogP contribution in [-0.4, -0.2) is 17.8 Å². The van der Waals surface area contributed by atoms with Crippen LogP contribution in [0.3, 0.4) is 0 Å². The molecule has 0 radical (unpaired) electrons. The molecule has 0 aliphatic carbocycles. The van der Waals surface area contributed by atoms with E-state index >= 15 is 0 Å². The van der Waals surface area contributed by atoms with Gasteiger partial charge in [-0.3, -0.25) is 4.79 Å². The first-order valence-corrected chi connectivity index (χ1v) is 6.23. The van der Waals surface area contributed by atoms with Gasteiger partial charge in [-0.15, -0.1) is 0 Å². The van der Waals surface area contributed by atoms with Crippen LogP contribution in [0.15, 0.2) is 18.2 Å². The van der Waals surface area contributed by atoms with E-state index in [1.165, 1.54) is 11.8 Å². The molecule has 1 rings (SSSR count). The number of halogens is 2. The van der Waals surface area contributed by atoms with Crippen LogP contribution in [-0.2, 0) is 11.2 Å². The summed E-state index contributed by atoms with van der Waals surface area (Å²) in [6, 6.07) is 5.28. The van der Waals surface area contributed by atoms with Gasteiger partial charge in [0.25, 0.3) is 0 Å². The number of thioether (sulfide) groups is 1. The van der Waals surface area contributed by atoms with Crippen molar-refractivity contribution in [2.75, 3.05) is 12.0 Å². The third kappa shape index (κ3) is 3.52. The van der Waals surface area contributed by atoms with Gasteiger partial charge in [-0.1, -0.05) is 29.3 Å². The van der Waals surface area contributed by atoms with E-state index in [0.717, 1.165) is 5.56 Å². The van der Waals surface area contributed by atoms with Crippen LogP contribution in [0.25, 0.3) is 0 Å². The molecule has 0 heterocycles. The number of carbonyl (C=O) groups is 1. The quantitative estimate of drug-likeness (QED) is 0.812. The summed E-state index contributed by atoms with van der Waals surface area (Å²) in [7, 11) is 0. The highest BCUT2D eigenvalue weighted by Gasteiger charge is 2.04. The first-order chi connectivity index (χ1) is 6.63. The zero-order valence-corrected chi connectivity index (χ0v) is 10.0. The number of ketones is 1. The Bertz CT molecular complexity index is 339. The van der Waals surface area contributed by atoms with Crippen LogP contribution < -0.4 is 0 Å². The van der Waals surface area contributed by atoms with Crippen LogP contribution in [0, 0.1) is 0 Å². The van der Waals surface area contributed by atoms with Crippen molar-refractivity contribution in [3.05, 3.63) is 33.8 Å². The number of hydrogen-bond donors (Lipinski definition) is 0. The topological polar surface area (TPSA) is 17.1 Å². The second-order valence-corrected chi connectivity index (χ2v) is 4.58. The average Bonchev–Trinajstić information content (AvgIpc) is 2.12. The highest BCUT2D eigenvalue weighted by Crippen LogP contribution is 2.22. The molecule has 0 aliphatic rings. The van der Waals surface area contributed by atoms with Gasteiger partial charge in [0.05, 0.1) is 15.8 Å². The van der Waals surface area contributed by atoms with Gasteiger partial charge in [0.1, 0.15) is 5.78 Å². The Labute approximate surface area is 97.8 Å². The molecule has 76 valence electrons. The molecule has 0 amide bonds. The van der Waals surface area contributed by atoms with E-state index in [1.54, 1.807) is 12.1 Å². The predicted octanol–water partition coefficient (Wildman–Crippen LogP) is 3.47. The molecule has 0 saturated carbocycles. The lowest BCUT2D eigenvalue weighted by molar-refractivity contribution is -0.115. The Morgan fingerprint density at radius 1 is 1.36 bits per heavy atom. The van der Waals surface area contributed by atoms with E-state index in [1.807, 2.05) is 12.3 Å². The standard InChI is InChI=1S/C10H10Cl2OS/c1-14-6-8(13)4-7-2-3-9(11)10(12)5-7/h2-3,5H,4,6H2,1H3. The van der Waals surface area contributed by atoms with Crippen LogP contribution in [0.4, 0.5) is 0 Å². The summed E-state index contributed by atoms with van der Waals surface area (Å²) in [5.41, 5.74) is 0.915. The summed E-state index contributed by atoms with van der Waals surface area (Å²) in [5, 5.41) is 1.02. The van der Waals surface area contributed by atoms with Crippen LogP contribution in [0.5, 0.6) is 0 Å². The number of rotatable bonds is 4. The number of carbonyl (C=O) groups excluding carboxylic acids is 1. The van der Waals surface area contributed by atoms with E-state index in [-0.39, 0.29) is 5.78 Å². The smallest absolute Gasteiger partial charge is 0.147 e. The van der Waals surface area contributed by atoms with Crippen molar-refractivity contribution in [1.29, 1.82) is 0 Å². The van der Waals surface area contributed by atoms with E-state index in [4.69, 9.17) is 23.2 Å². The van der Waals surface area contributed by atoms with Gasteiger partial charge >= 0.3 is 0 Å². The van der Waals surface area contributed by atoms with Crippen LogP contribution in [0.1, 0.15) is 5.56 Å². The summed E-state index contributed by atoms with van der Waals surface area (Å²) in [6.45, 7) is 0. The second-order valence-electron chi connectivity index (χ2n) is 2.90. The first kappa shape index (κ1) is 11.9. The SMILES string of the molecule is CSCC(=O)Cc1ccc(Cl)c(Cl)c1. The van der Waals surface area contributed by atoms with Gasteiger partial charge in [-0.05, 0) is 24.0 Å². The molecule has 0 bridgehead atoms. The molecule has 1 aromatic rings. The van der Waals surface area contributed by atoms with Gasteiger partial charge in [0, 0.05) is 6.42 Å². The summed E-state index contributed by atoms with van der Waals surface area (Å²) < 4.78 is 0. The Morgan fingerprint density at radius 3 is 2.64 bits per heavy atom. The lowest BCUT2D eigenvalue weighted by Gasteiger charge is -2.01. The van der Waals surface area contributed by atoms with Crippen molar-refractivity contribution < 1.29 is 4.79 Å². The van der Waals surface area contributed by atoms with Crippen molar-refractivity contribution in [1.82, 2.24) is 0 Å². The van der Waals surface area contributed by atoms with E-state index in [9.17, 15) is 4.79 Å². The Kier molecular flexibility index (Phi) is 4.79. The van der Waals surface area contributed by atoms with E-state index in [2.05, 4.69) is 0 Å². The molecule has 0 aromatic heterocycles. The minimum atomic E-state index is 0.205. The fourth-order valence-corrected chi connectivity index (χ4v) is 1.83. The molecule has 14 heavy (non-hydrogen) atoms. The molecule has 0 spiro atoms. The maximum atomic E-state index is 11.3. The molecule has 0 aliphatic heterocycles. The largest absolute Gasteiger partial charge is 0.298 e. The fourth-order valence-electron chi connectivity index (χ4n) is 1.09. The maximum absolute atomic E-state index is 11.3. The number of benzene rings is 1. The molecule has 0 N–H and O–H groups in total. The van der Waals surface area contributed by atoms with Crippen molar-refractivity contribution in [3.8, 4) is 0 Å². The highest BCUT2D eigenvalue weighted by molar-refractivity contribution is 7.99. The van der Waals surface area contributed by atoms with E-state index in [0.29, 0.717) is 22.2 Å². The average molecular weight is 249 g/mol. The summed E-state index contributed by atoms with van der Waals surface area (Å²) in [6.07, 6.45) is 2.34. The maximum Gasteiger partial charge on any atom is 0.147 e. The Morgan fingerprint density at radius 2 is 2.07 bits per heavy atom. The highest BCUT2D eigenvalue weighted by atomic mass is 35.5. The lowest BCUT2D eigenvalue weighted by Crippen LogP contribution is -2.05. The van der Waals surface area contributed by atoms with Gasteiger partial charge in [-0.25, -0.2) is 0 Å². The molecule has 1 nitrogen and oxygen atoms in total. The van der Waals surface area contributed by atoms with Gasteiger partial charge in [0.2, 0.25) is 0 Å². The van der Waals surface area contributed by atoms with Crippen LogP contribution in [0.2, 0.25) is 10.0 Å². The fraction of sp³-hybridized carbons (Fsp3) is 0.300. The van der Waals surface area contributed by atoms with Crippen LogP contribution >= 0.6 is 35.0 Å². The zero-order chi connectivity index (χ0) is 10.6. The second kappa shape index (κ2) is 5.64. The molecule has 0 atom stereocenters. The van der Waals surface area contributed by atoms with Crippen molar-refractivity contribution in [2.45, 2.75) is 6.42 Å². The summed E-state index contributed by atoms with van der Waals surface area (Å²) in [5.74, 6) is 0.746. The number of hydrogen-bond acceptors (Lipinski definition) is 2. The van der Waals surface area contributed by atoms with Gasteiger partial charge < -0.3 is 0 Å². The van der Waals surface area contributed by atoms with Gasteiger partial charge in [-0.2, -0.15) is 11.8 Å². The monoisotopic (exact) mass is 248 g/mol. The molecule has 4 heteroatoms. The summed E-state index contributed by atoms with van der Waals surface area (Å²) in [4.78, 5) is 11.3. The molecule has 1 aromatic carbocycles. The Balaban J connectivity index is 2.68. The molecular weight excluding hydrogens is 239 g/mol. The predicted molar refractivity (Wildman–Crippen MR) is 63.6 cm³/mol. The minimum Gasteiger partial charge on any atom is -0.298 e. The zero-order valence-electron chi connectivity index (χ0n) is 7.72. The molecule has 0 unspecified atom stereocenters. The lowest BCUT2D eigenvalue weighted by atomic mass is 10.1. The van der Waals surface area contributed by atoms with Crippen molar-refractivity contribution in [2.24, 2.45) is 0 Å². The normalized spacial score (nSPS) is 10.2. The minimum absolute atomic E-state index is 0.205. The van der Waals surface area contributed by atoms with E-state index < -0.39 is 0 Å². The van der Waals surface area contributed by atoms with Crippen molar-refractivity contribution >= 4 is 40.7 Å². The third-order valence-corrected chi connectivity index (χ3v) is 3.04. The van der Waals surface area contributed by atoms with Gasteiger partial charge in [0.15, 0.2) is 0 Å². The Hall–Kier alpha value is -0.180. The molecule has 0 fully saturated rings. The molecular formula is C10H10Cl2OS. The summed E-state index contributed by atoms with van der Waals surface area (Å²) >= 11 is 13.1. The molecule has 0 saturated heterocycles. The van der Waals surface area contributed by atoms with Crippen molar-refractivity contribution in [3.63, 3.8) is 0 Å². The third-order valence-electron chi connectivity index (χ3n) is 1.69.